The highest BCUT2D eigenvalue weighted by Gasteiger charge is 2.02. The van der Waals surface area contributed by atoms with Gasteiger partial charge in [-0.25, -0.2) is 0 Å². The first-order valence-corrected chi connectivity index (χ1v) is 8.34. The van der Waals surface area contributed by atoms with E-state index in [1.165, 1.54) is 11.3 Å². The fourth-order valence-corrected chi connectivity index (χ4v) is 3.10. The first kappa shape index (κ1) is 15.3. The average Bonchev–Trinajstić information content (AvgIpc) is 2.36. The molecule has 0 atom stereocenters. The number of benzene rings is 1. The van der Waals surface area contributed by atoms with Gasteiger partial charge in [-0.3, -0.25) is 0 Å². The zero-order valence-corrected chi connectivity index (χ0v) is 12.7. The lowest BCUT2D eigenvalue weighted by Gasteiger charge is -2.19. The first-order chi connectivity index (χ1) is 8.36. The van der Waals surface area contributed by atoms with E-state index in [1.54, 1.807) is 0 Å². The van der Waals surface area contributed by atoms with Crippen LogP contribution in [-0.2, 0) is 5.75 Å². The molecule has 0 bridgehead atoms. The molecule has 17 heavy (non-hydrogen) atoms. The van der Waals surface area contributed by atoms with E-state index in [4.69, 9.17) is 0 Å². The molecule has 1 aromatic rings. The summed E-state index contributed by atoms with van der Waals surface area (Å²) < 4.78 is 0. The lowest BCUT2D eigenvalue weighted by Crippen LogP contribution is -2.30. The molecule has 0 spiro atoms. The normalized spacial score (nSPS) is 11.0. The summed E-state index contributed by atoms with van der Waals surface area (Å²) in [6.07, 6.45) is 0. The minimum absolute atomic E-state index is 0.928. The van der Waals surface area contributed by atoms with Crippen LogP contribution in [0.1, 0.15) is 5.56 Å². The second kappa shape index (κ2) is 10.2. The monoisotopic (exact) mass is 287 g/mol. The number of hydrogen-bond acceptors (Lipinski definition) is 4. The molecule has 1 nitrogen and oxygen atoms in total. The van der Waals surface area contributed by atoms with Crippen molar-refractivity contribution in [2.24, 2.45) is 0 Å². The Bertz CT molecular complexity index is 273. The smallest absolute Gasteiger partial charge is 0.0185 e. The fourth-order valence-electron chi connectivity index (χ4n) is 1.58. The second-order valence-electron chi connectivity index (χ2n) is 3.83. The third-order valence-corrected chi connectivity index (χ3v) is 3.90. The van der Waals surface area contributed by atoms with Gasteiger partial charge in [-0.05, 0) is 5.56 Å². The Morgan fingerprint density at radius 1 is 0.941 bits per heavy atom. The van der Waals surface area contributed by atoms with E-state index in [2.05, 4.69) is 60.5 Å². The van der Waals surface area contributed by atoms with E-state index in [-0.39, 0.29) is 0 Å². The van der Waals surface area contributed by atoms with Gasteiger partial charge in [0.25, 0.3) is 0 Å². The van der Waals surface area contributed by atoms with Gasteiger partial charge in [-0.2, -0.15) is 37.0 Å². The van der Waals surface area contributed by atoms with Gasteiger partial charge in [0, 0.05) is 42.6 Å². The molecule has 0 aromatic heterocycles. The maximum Gasteiger partial charge on any atom is 0.0185 e. The maximum absolute atomic E-state index is 4.28. The van der Waals surface area contributed by atoms with Crippen molar-refractivity contribution in [1.82, 2.24) is 4.90 Å². The average molecular weight is 288 g/mol. The van der Waals surface area contributed by atoms with E-state index in [1.807, 2.05) is 11.8 Å². The Morgan fingerprint density at radius 3 is 2.18 bits per heavy atom. The van der Waals surface area contributed by atoms with Crippen molar-refractivity contribution >= 4 is 37.0 Å². The Hall–Kier alpha value is 0.230. The molecule has 0 aliphatic heterocycles. The zero-order valence-electron chi connectivity index (χ0n) is 10.1. The van der Waals surface area contributed by atoms with Crippen molar-refractivity contribution in [2.45, 2.75) is 5.75 Å². The first-order valence-electron chi connectivity index (χ1n) is 5.92. The van der Waals surface area contributed by atoms with Crippen molar-refractivity contribution in [2.75, 3.05) is 36.9 Å². The molecule has 96 valence electrons. The van der Waals surface area contributed by atoms with Gasteiger partial charge in [-0.15, -0.1) is 0 Å². The van der Waals surface area contributed by atoms with Crippen molar-refractivity contribution in [3.63, 3.8) is 0 Å². The van der Waals surface area contributed by atoms with Crippen LogP contribution in [0.3, 0.4) is 0 Å². The molecule has 0 N–H and O–H groups in total. The summed E-state index contributed by atoms with van der Waals surface area (Å²) in [6.45, 7) is 3.27. The van der Waals surface area contributed by atoms with Gasteiger partial charge in [0.2, 0.25) is 0 Å². The van der Waals surface area contributed by atoms with Gasteiger partial charge in [0.1, 0.15) is 0 Å². The van der Waals surface area contributed by atoms with E-state index in [0.717, 1.165) is 36.9 Å². The van der Waals surface area contributed by atoms with Crippen LogP contribution in [-0.4, -0.2) is 41.8 Å². The van der Waals surface area contributed by atoms with Crippen LogP contribution in [0.15, 0.2) is 30.3 Å². The largest absolute Gasteiger partial charge is 0.301 e. The SMILES string of the molecule is SCCN(CCS)CCSCc1ccccc1. The van der Waals surface area contributed by atoms with Gasteiger partial charge < -0.3 is 4.90 Å². The number of thiol groups is 2. The summed E-state index contributed by atoms with van der Waals surface area (Å²) in [5, 5.41) is 0. The van der Waals surface area contributed by atoms with Gasteiger partial charge in [0.15, 0.2) is 0 Å². The highest BCUT2D eigenvalue weighted by atomic mass is 32.2. The molecule has 0 aliphatic carbocycles. The Labute approximate surface area is 120 Å². The predicted molar refractivity (Wildman–Crippen MR) is 86.8 cm³/mol. The number of nitrogens with zero attached hydrogens (tertiary/aromatic N) is 1. The molecule has 1 aromatic carbocycles. The van der Waals surface area contributed by atoms with E-state index in [0.29, 0.717) is 0 Å². The van der Waals surface area contributed by atoms with Crippen LogP contribution in [0.25, 0.3) is 0 Å². The van der Waals surface area contributed by atoms with Gasteiger partial charge in [0.05, 0.1) is 0 Å². The molecule has 0 aliphatic rings. The molecule has 0 amide bonds. The zero-order chi connectivity index (χ0) is 12.3. The van der Waals surface area contributed by atoms with Crippen LogP contribution >= 0.6 is 37.0 Å². The quantitative estimate of drug-likeness (QED) is 0.531. The summed E-state index contributed by atoms with van der Waals surface area (Å²) >= 11 is 10.6. The fraction of sp³-hybridized carbons (Fsp3) is 0.538. The molecule has 0 fully saturated rings. The summed E-state index contributed by atoms with van der Waals surface area (Å²) in [6, 6.07) is 10.6. The second-order valence-corrected chi connectivity index (χ2v) is 5.83. The summed E-state index contributed by atoms with van der Waals surface area (Å²) in [5.41, 5.74) is 1.41. The van der Waals surface area contributed by atoms with Gasteiger partial charge >= 0.3 is 0 Å². The number of hydrogen-bond donors (Lipinski definition) is 2. The standard InChI is InChI=1S/C13H21NS3/c15-9-6-14(7-10-16)8-11-17-12-13-4-2-1-3-5-13/h1-5,15-16H,6-12H2. The highest BCUT2D eigenvalue weighted by molar-refractivity contribution is 7.98. The Morgan fingerprint density at radius 2 is 1.59 bits per heavy atom. The van der Waals surface area contributed by atoms with Crippen molar-refractivity contribution in [3.8, 4) is 0 Å². The van der Waals surface area contributed by atoms with Gasteiger partial charge in [-0.1, -0.05) is 30.3 Å². The predicted octanol–water partition coefficient (Wildman–Crippen LogP) is 3.08. The van der Waals surface area contributed by atoms with Crippen LogP contribution in [0, 0.1) is 0 Å². The molecule has 4 heteroatoms. The number of thioether (sulfide) groups is 1. The minimum Gasteiger partial charge on any atom is -0.301 e. The molecular formula is C13H21NS3. The molecule has 0 saturated heterocycles. The molecule has 0 unspecified atom stereocenters. The topological polar surface area (TPSA) is 3.24 Å². The van der Waals surface area contributed by atoms with Crippen LogP contribution in [0.2, 0.25) is 0 Å². The van der Waals surface area contributed by atoms with Crippen LogP contribution in [0.4, 0.5) is 0 Å². The van der Waals surface area contributed by atoms with E-state index in [9.17, 15) is 0 Å². The minimum atomic E-state index is 0.928. The van der Waals surface area contributed by atoms with Crippen molar-refractivity contribution in [1.29, 1.82) is 0 Å². The third-order valence-electron chi connectivity index (χ3n) is 2.50. The summed E-state index contributed by atoms with van der Waals surface area (Å²) in [7, 11) is 0. The highest BCUT2D eigenvalue weighted by Crippen LogP contribution is 2.11. The van der Waals surface area contributed by atoms with Crippen LogP contribution in [0.5, 0.6) is 0 Å². The lowest BCUT2D eigenvalue weighted by atomic mass is 10.2. The summed E-state index contributed by atoms with van der Waals surface area (Å²) in [5.74, 6) is 4.14. The van der Waals surface area contributed by atoms with Crippen molar-refractivity contribution in [3.05, 3.63) is 35.9 Å². The van der Waals surface area contributed by atoms with Crippen LogP contribution < -0.4 is 0 Å². The van der Waals surface area contributed by atoms with Crippen molar-refractivity contribution < 1.29 is 0 Å². The summed E-state index contributed by atoms with van der Waals surface area (Å²) in [4.78, 5) is 2.43. The molecule has 0 heterocycles. The molecule has 0 radical (unpaired) electrons. The lowest BCUT2D eigenvalue weighted by molar-refractivity contribution is 0.330. The molecule has 1 rings (SSSR count). The maximum atomic E-state index is 4.28. The van der Waals surface area contributed by atoms with E-state index < -0.39 is 0 Å². The molecular weight excluding hydrogens is 266 g/mol. The third kappa shape index (κ3) is 7.29. The Balaban J connectivity index is 2.13. The number of rotatable bonds is 9. The molecule has 0 saturated carbocycles. The van der Waals surface area contributed by atoms with E-state index >= 15 is 0 Å². The Kier molecular flexibility index (Phi) is 9.16.